The van der Waals surface area contributed by atoms with Crippen molar-refractivity contribution >= 4 is 0 Å². The van der Waals surface area contributed by atoms with Crippen LogP contribution < -0.4 is 5.73 Å². The van der Waals surface area contributed by atoms with Crippen LogP contribution in [0.2, 0.25) is 0 Å². The highest BCUT2D eigenvalue weighted by molar-refractivity contribution is 4.81. The van der Waals surface area contributed by atoms with Crippen LogP contribution in [-0.4, -0.2) is 43.8 Å². The van der Waals surface area contributed by atoms with E-state index in [-0.39, 0.29) is 0 Å². The van der Waals surface area contributed by atoms with Gasteiger partial charge in [0, 0.05) is 31.8 Å². The molecule has 2 fully saturated rings. The minimum atomic E-state index is 0.378. The molecule has 2 N–H and O–H groups in total. The van der Waals surface area contributed by atoms with Gasteiger partial charge < -0.3 is 15.4 Å². The summed E-state index contributed by atoms with van der Waals surface area (Å²) in [5.74, 6) is 0.769. The summed E-state index contributed by atoms with van der Waals surface area (Å²) in [4.78, 5) is 2.47. The van der Waals surface area contributed by atoms with Gasteiger partial charge in [0.15, 0.2) is 0 Å². The smallest absolute Gasteiger partial charge is 0.0480 e. The molecule has 0 radical (unpaired) electrons. The summed E-state index contributed by atoms with van der Waals surface area (Å²) in [5.41, 5.74) is 6.38. The predicted molar refractivity (Wildman–Crippen MR) is 71.0 cm³/mol. The molecule has 0 aromatic rings. The van der Waals surface area contributed by atoms with E-state index in [0.717, 1.165) is 25.7 Å². The first-order chi connectivity index (χ1) is 8.27. The van der Waals surface area contributed by atoms with Gasteiger partial charge in [-0.1, -0.05) is 19.3 Å². The van der Waals surface area contributed by atoms with Crippen molar-refractivity contribution in [2.24, 2.45) is 11.7 Å². The first kappa shape index (κ1) is 13.3. The lowest BCUT2D eigenvalue weighted by Crippen LogP contribution is -2.46. The average molecular weight is 240 g/mol. The van der Waals surface area contributed by atoms with Gasteiger partial charge in [0.1, 0.15) is 0 Å². The van der Waals surface area contributed by atoms with E-state index in [1.165, 1.54) is 44.9 Å². The number of nitrogens with two attached hydrogens (primary N) is 1. The van der Waals surface area contributed by atoms with Crippen LogP contribution in [0.5, 0.6) is 0 Å². The molecule has 17 heavy (non-hydrogen) atoms. The van der Waals surface area contributed by atoms with Crippen molar-refractivity contribution in [2.45, 2.75) is 57.0 Å². The average Bonchev–Trinajstić information content (AvgIpc) is 2.40. The molecule has 1 aliphatic heterocycles. The van der Waals surface area contributed by atoms with Crippen LogP contribution in [-0.2, 0) is 4.74 Å². The van der Waals surface area contributed by atoms with Gasteiger partial charge in [-0.2, -0.15) is 0 Å². The Kier molecular flexibility index (Phi) is 5.26. The zero-order valence-electron chi connectivity index (χ0n) is 11.2. The molecule has 2 aliphatic rings. The molecule has 0 aromatic heterocycles. The fourth-order valence-corrected chi connectivity index (χ4v) is 3.32. The zero-order chi connectivity index (χ0) is 12.1. The maximum Gasteiger partial charge on any atom is 0.0480 e. The Bertz CT molecular complexity index is 188. The Morgan fingerprint density at radius 1 is 1.12 bits per heavy atom. The van der Waals surface area contributed by atoms with Crippen LogP contribution in [0.1, 0.15) is 44.9 Å². The minimum absolute atomic E-state index is 0.378. The third-order valence-corrected chi connectivity index (χ3v) is 4.57. The Labute approximate surface area is 106 Å². The number of hydrogen-bond acceptors (Lipinski definition) is 3. The summed E-state index contributed by atoms with van der Waals surface area (Å²) >= 11 is 0. The highest BCUT2D eigenvalue weighted by Gasteiger charge is 2.25. The van der Waals surface area contributed by atoms with Gasteiger partial charge in [-0.25, -0.2) is 0 Å². The van der Waals surface area contributed by atoms with E-state index >= 15 is 0 Å². The summed E-state index contributed by atoms with van der Waals surface area (Å²) in [6, 6.07) is 1.07. The second kappa shape index (κ2) is 6.72. The molecule has 0 spiro atoms. The number of hydrogen-bond donors (Lipinski definition) is 1. The third-order valence-electron chi connectivity index (χ3n) is 4.57. The third kappa shape index (κ3) is 3.94. The molecule has 1 saturated carbocycles. The maximum atomic E-state index is 6.38. The minimum Gasteiger partial charge on any atom is -0.381 e. The molecule has 1 unspecified atom stereocenters. The van der Waals surface area contributed by atoms with Crippen molar-refractivity contribution < 1.29 is 4.74 Å². The van der Waals surface area contributed by atoms with Crippen molar-refractivity contribution in [2.75, 3.05) is 26.8 Å². The molecule has 1 aliphatic carbocycles. The molecule has 0 aromatic carbocycles. The lowest BCUT2D eigenvalue weighted by atomic mass is 9.84. The fourth-order valence-electron chi connectivity index (χ4n) is 3.32. The summed E-state index contributed by atoms with van der Waals surface area (Å²) in [6.07, 6.45) is 9.24. The Morgan fingerprint density at radius 3 is 2.41 bits per heavy atom. The van der Waals surface area contributed by atoms with Crippen LogP contribution in [0.3, 0.4) is 0 Å². The standard InChI is InChI=1S/C14H28N2O/c1-16(13-7-9-17-10-8-13)11-14(15)12-5-3-2-4-6-12/h12-14H,2-11,15H2,1H3. The van der Waals surface area contributed by atoms with E-state index in [1.807, 2.05) is 0 Å². The van der Waals surface area contributed by atoms with E-state index in [1.54, 1.807) is 0 Å². The van der Waals surface area contributed by atoms with E-state index in [4.69, 9.17) is 10.5 Å². The van der Waals surface area contributed by atoms with Gasteiger partial charge in [-0.05, 0) is 38.6 Å². The number of likely N-dealkylation sites (N-methyl/N-ethyl adjacent to an activating group) is 1. The molecular formula is C14H28N2O. The molecule has 3 heteroatoms. The van der Waals surface area contributed by atoms with E-state index in [9.17, 15) is 0 Å². The molecule has 100 valence electrons. The molecule has 0 bridgehead atoms. The van der Waals surface area contributed by atoms with Crippen molar-refractivity contribution in [3.05, 3.63) is 0 Å². The number of ether oxygens (including phenoxy) is 1. The van der Waals surface area contributed by atoms with E-state index in [2.05, 4.69) is 11.9 Å². The van der Waals surface area contributed by atoms with Gasteiger partial charge in [-0.3, -0.25) is 0 Å². The summed E-state index contributed by atoms with van der Waals surface area (Å²) in [6.45, 7) is 2.91. The number of nitrogens with zero attached hydrogens (tertiary/aromatic N) is 1. The monoisotopic (exact) mass is 240 g/mol. The van der Waals surface area contributed by atoms with Gasteiger partial charge in [-0.15, -0.1) is 0 Å². The van der Waals surface area contributed by atoms with Crippen LogP contribution in [0.25, 0.3) is 0 Å². The van der Waals surface area contributed by atoms with Crippen LogP contribution >= 0.6 is 0 Å². The largest absolute Gasteiger partial charge is 0.381 e. The molecule has 2 rings (SSSR count). The SMILES string of the molecule is CN(CC(N)C1CCCCC1)C1CCOCC1. The van der Waals surface area contributed by atoms with E-state index < -0.39 is 0 Å². The van der Waals surface area contributed by atoms with Gasteiger partial charge in [0.2, 0.25) is 0 Å². The van der Waals surface area contributed by atoms with Crippen molar-refractivity contribution in [3.8, 4) is 0 Å². The molecule has 0 amide bonds. The summed E-state index contributed by atoms with van der Waals surface area (Å²) in [7, 11) is 2.23. The topological polar surface area (TPSA) is 38.5 Å². The van der Waals surface area contributed by atoms with Crippen molar-refractivity contribution in [3.63, 3.8) is 0 Å². The normalized spacial score (nSPS) is 26.3. The number of rotatable bonds is 4. The Morgan fingerprint density at radius 2 is 1.76 bits per heavy atom. The molecule has 1 atom stereocenters. The Balaban J connectivity index is 1.74. The van der Waals surface area contributed by atoms with E-state index in [0.29, 0.717) is 12.1 Å². The first-order valence-electron chi connectivity index (χ1n) is 7.31. The quantitative estimate of drug-likeness (QED) is 0.817. The predicted octanol–water partition coefficient (Wildman–Crippen LogP) is 2.00. The summed E-state index contributed by atoms with van der Waals surface area (Å²) in [5, 5.41) is 0. The fraction of sp³-hybridized carbons (Fsp3) is 1.00. The molecule has 3 nitrogen and oxygen atoms in total. The van der Waals surface area contributed by atoms with Crippen LogP contribution in [0.4, 0.5) is 0 Å². The maximum absolute atomic E-state index is 6.38. The lowest BCUT2D eigenvalue weighted by molar-refractivity contribution is 0.0386. The highest BCUT2D eigenvalue weighted by Crippen LogP contribution is 2.26. The van der Waals surface area contributed by atoms with Crippen molar-refractivity contribution in [1.82, 2.24) is 4.90 Å². The highest BCUT2D eigenvalue weighted by atomic mass is 16.5. The van der Waals surface area contributed by atoms with Crippen LogP contribution in [0, 0.1) is 5.92 Å². The van der Waals surface area contributed by atoms with Gasteiger partial charge >= 0.3 is 0 Å². The second-order valence-corrected chi connectivity index (χ2v) is 5.85. The first-order valence-corrected chi connectivity index (χ1v) is 7.31. The molecule has 1 saturated heterocycles. The van der Waals surface area contributed by atoms with Gasteiger partial charge in [0.05, 0.1) is 0 Å². The lowest BCUT2D eigenvalue weighted by Gasteiger charge is -2.36. The second-order valence-electron chi connectivity index (χ2n) is 5.85. The van der Waals surface area contributed by atoms with Crippen LogP contribution in [0.15, 0.2) is 0 Å². The van der Waals surface area contributed by atoms with Gasteiger partial charge in [0.25, 0.3) is 0 Å². The van der Waals surface area contributed by atoms with Crippen molar-refractivity contribution in [1.29, 1.82) is 0 Å². The molecule has 1 heterocycles. The summed E-state index contributed by atoms with van der Waals surface area (Å²) < 4.78 is 5.41. The molecular weight excluding hydrogens is 212 g/mol. The Hall–Kier alpha value is -0.120. The zero-order valence-corrected chi connectivity index (χ0v) is 11.2.